The highest BCUT2D eigenvalue weighted by molar-refractivity contribution is 7.90. The van der Waals surface area contributed by atoms with E-state index in [1.54, 1.807) is 39.8 Å². The molecule has 1 aliphatic rings. The topological polar surface area (TPSA) is 134 Å². The van der Waals surface area contributed by atoms with E-state index in [1.807, 2.05) is 0 Å². The average molecular weight is 626 g/mol. The fraction of sp³-hybridized carbons (Fsp3) is 0.440. The van der Waals surface area contributed by atoms with Gasteiger partial charge in [0.1, 0.15) is 11.3 Å². The summed E-state index contributed by atoms with van der Waals surface area (Å²) in [6.07, 6.45) is -5.07. The van der Waals surface area contributed by atoms with Crippen LogP contribution in [0, 0.1) is 5.41 Å². The van der Waals surface area contributed by atoms with Crippen molar-refractivity contribution in [3.63, 3.8) is 0 Å². The molecule has 1 amide bonds. The van der Waals surface area contributed by atoms with Gasteiger partial charge in [-0.3, -0.25) is 10.2 Å². The monoisotopic (exact) mass is 625 g/mol. The predicted molar refractivity (Wildman–Crippen MR) is 145 cm³/mol. The zero-order valence-corrected chi connectivity index (χ0v) is 24.6. The van der Waals surface area contributed by atoms with Gasteiger partial charge >= 0.3 is 6.18 Å². The number of sulfonamides is 2. The van der Waals surface area contributed by atoms with Gasteiger partial charge < -0.3 is 4.74 Å². The molecule has 3 rings (SSSR count). The van der Waals surface area contributed by atoms with Crippen molar-refractivity contribution < 1.29 is 39.5 Å². The normalized spacial score (nSPS) is 18.2. The lowest BCUT2D eigenvalue weighted by Gasteiger charge is -2.30. The molecule has 1 saturated heterocycles. The molecule has 0 radical (unpaired) electrons. The Hall–Kier alpha value is -2.68. The summed E-state index contributed by atoms with van der Waals surface area (Å²) in [5, 5.41) is 7.09. The number of halogens is 4. The van der Waals surface area contributed by atoms with E-state index < -0.39 is 65.3 Å². The van der Waals surface area contributed by atoms with Gasteiger partial charge in [-0.1, -0.05) is 30.3 Å². The number of amides is 1. The maximum Gasteiger partial charge on any atom is 0.416 e. The number of carbonyl (C=O) groups is 1. The van der Waals surface area contributed by atoms with E-state index in [9.17, 15) is 34.8 Å². The van der Waals surface area contributed by atoms with E-state index in [2.05, 4.69) is 4.72 Å². The lowest BCUT2D eigenvalue weighted by Crippen LogP contribution is -2.45. The zero-order valence-electron chi connectivity index (χ0n) is 22.2. The zero-order chi connectivity index (χ0) is 29.4. The molecule has 2 aromatic carbocycles. The van der Waals surface area contributed by atoms with E-state index in [1.165, 1.54) is 12.1 Å². The molecule has 222 valence electrons. The van der Waals surface area contributed by atoms with E-state index in [0.29, 0.717) is 17.2 Å². The second kappa shape index (κ2) is 12.0. The highest BCUT2D eigenvalue weighted by atomic mass is 35.5. The third-order valence-electron chi connectivity index (χ3n) is 5.99. The molecule has 1 heterocycles. The summed E-state index contributed by atoms with van der Waals surface area (Å²) in [7, 11) is -8.44. The highest BCUT2D eigenvalue weighted by Crippen LogP contribution is 2.40. The SMILES string of the molecule is CCOC(=N)C(Cc1ccc(C2CC(=O)N(C(C)(C)C)S2(=O)=O)cc1)NS(=O)(=O)c1cccc(C(F)(F)F)c1.Cl. The third-order valence-corrected chi connectivity index (χ3v) is 9.87. The first-order valence-electron chi connectivity index (χ1n) is 11.9. The molecule has 1 aliphatic heterocycles. The van der Waals surface area contributed by atoms with Crippen LogP contribution in [0.15, 0.2) is 53.4 Å². The van der Waals surface area contributed by atoms with E-state index in [4.69, 9.17) is 10.1 Å². The first-order valence-corrected chi connectivity index (χ1v) is 14.9. The fourth-order valence-electron chi connectivity index (χ4n) is 4.30. The lowest BCUT2D eigenvalue weighted by molar-refractivity contribution is -0.137. The summed E-state index contributed by atoms with van der Waals surface area (Å²) in [6.45, 7) is 6.52. The van der Waals surface area contributed by atoms with Gasteiger partial charge in [0, 0.05) is 0 Å². The molecular formula is C25H31ClF3N3O6S2. The highest BCUT2D eigenvalue weighted by Gasteiger charge is 2.49. The van der Waals surface area contributed by atoms with Gasteiger partial charge in [-0.25, -0.2) is 21.1 Å². The number of ether oxygens (including phenoxy) is 1. The Labute approximate surface area is 238 Å². The Balaban J connectivity index is 0.00000560. The molecule has 1 fully saturated rings. The molecule has 2 atom stereocenters. The van der Waals surface area contributed by atoms with Gasteiger partial charge in [0.2, 0.25) is 26.0 Å². The predicted octanol–water partition coefficient (Wildman–Crippen LogP) is 4.43. The number of nitrogens with one attached hydrogen (secondary N) is 2. The smallest absolute Gasteiger partial charge is 0.416 e. The standard InChI is InChI=1S/C25H30F3N3O6S2.ClH/c1-5-37-23(29)20(30-38(33,34)19-8-6-7-18(14-19)25(26,27)28)13-16-9-11-17(12-10-16)21-15-22(32)31(24(2,3)4)39(21,35)36;/h6-12,14,20-21,29-30H,5,13,15H2,1-4H3;1H. The molecule has 2 unspecified atom stereocenters. The van der Waals surface area contributed by atoms with Crippen LogP contribution in [0.2, 0.25) is 0 Å². The van der Waals surface area contributed by atoms with Crippen molar-refractivity contribution in [1.29, 1.82) is 5.41 Å². The number of benzene rings is 2. The van der Waals surface area contributed by atoms with Gasteiger partial charge in [-0.05, 0) is 63.4 Å². The van der Waals surface area contributed by atoms with Crippen LogP contribution in [0.25, 0.3) is 0 Å². The van der Waals surface area contributed by atoms with Crippen molar-refractivity contribution in [3.8, 4) is 0 Å². The van der Waals surface area contributed by atoms with Crippen molar-refractivity contribution in [3.05, 3.63) is 65.2 Å². The number of rotatable bonds is 8. The number of alkyl halides is 3. The van der Waals surface area contributed by atoms with Crippen molar-refractivity contribution in [2.45, 2.75) is 68.4 Å². The van der Waals surface area contributed by atoms with Gasteiger partial charge in [0.05, 0.1) is 29.0 Å². The molecule has 40 heavy (non-hydrogen) atoms. The number of carbonyl (C=O) groups excluding carboxylic acids is 1. The fourth-order valence-corrected chi connectivity index (χ4v) is 7.78. The minimum Gasteiger partial charge on any atom is -0.480 e. The molecule has 15 heteroatoms. The average Bonchev–Trinajstić information content (AvgIpc) is 3.07. The second-order valence-electron chi connectivity index (χ2n) is 10.0. The Kier molecular flexibility index (Phi) is 10.1. The van der Waals surface area contributed by atoms with E-state index in [-0.39, 0.29) is 31.9 Å². The molecule has 0 saturated carbocycles. The summed E-state index contributed by atoms with van der Waals surface area (Å²) in [5.74, 6) is -0.951. The van der Waals surface area contributed by atoms with Gasteiger partial charge in [-0.15, -0.1) is 12.4 Å². The maximum atomic E-state index is 13.1. The van der Waals surface area contributed by atoms with Gasteiger partial charge in [0.15, 0.2) is 5.90 Å². The lowest BCUT2D eigenvalue weighted by atomic mass is 10.0. The van der Waals surface area contributed by atoms with Crippen LogP contribution in [-0.2, 0) is 42.2 Å². The summed E-state index contributed by atoms with van der Waals surface area (Å²) >= 11 is 0. The summed E-state index contributed by atoms with van der Waals surface area (Å²) in [4.78, 5) is 11.9. The van der Waals surface area contributed by atoms with Crippen molar-refractivity contribution in [2.75, 3.05) is 6.61 Å². The third kappa shape index (κ3) is 7.33. The maximum absolute atomic E-state index is 13.1. The largest absolute Gasteiger partial charge is 0.480 e. The summed E-state index contributed by atoms with van der Waals surface area (Å²) < 4.78 is 99.6. The van der Waals surface area contributed by atoms with E-state index in [0.717, 1.165) is 22.5 Å². The molecule has 9 nitrogen and oxygen atoms in total. The van der Waals surface area contributed by atoms with Crippen molar-refractivity contribution in [2.24, 2.45) is 0 Å². The molecule has 2 N–H and O–H groups in total. The van der Waals surface area contributed by atoms with Crippen LogP contribution < -0.4 is 4.72 Å². The number of hydrogen-bond donors (Lipinski definition) is 2. The summed E-state index contributed by atoms with van der Waals surface area (Å²) in [5.41, 5.74) is -1.19. The van der Waals surface area contributed by atoms with Crippen LogP contribution in [0.3, 0.4) is 0 Å². The van der Waals surface area contributed by atoms with Gasteiger partial charge in [0.25, 0.3) is 0 Å². The summed E-state index contributed by atoms with van der Waals surface area (Å²) in [6, 6.07) is 8.09. The van der Waals surface area contributed by atoms with Crippen LogP contribution in [0.5, 0.6) is 0 Å². The first-order chi connectivity index (χ1) is 17.9. The second-order valence-corrected chi connectivity index (χ2v) is 13.7. The first kappa shape index (κ1) is 33.5. The number of nitrogens with zero attached hydrogens (tertiary/aromatic N) is 1. The molecular weight excluding hydrogens is 595 g/mol. The van der Waals surface area contributed by atoms with Crippen molar-refractivity contribution >= 4 is 44.3 Å². The number of hydrogen-bond acceptors (Lipinski definition) is 7. The minimum absolute atomic E-state index is 0. The van der Waals surface area contributed by atoms with Crippen LogP contribution >= 0.6 is 12.4 Å². The van der Waals surface area contributed by atoms with Crippen LogP contribution in [0.1, 0.15) is 56.1 Å². The minimum atomic E-state index is -4.74. The van der Waals surface area contributed by atoms with Crippen LogP contribution in [0.4, 0.5) is 13.2 Å². The van der Waals surface area contributed by atoms with E-state index >= 15 is 0 Å². The molecule has 2 aromatic rings. The van der Waals surface area contributed by atoms with Crippen molar-refractivity contribution in [1.82, 2.24) is 9.03 Å². The Morgan fingerprint density at radius 1 is 1.15 bits per heavy atom. The Morgan fingerprint density at radius 2 is 1.75 bits per heavy atom. The Bertz CT molecular complexity index is 1460. The molecule has 0 aliphatic carbocycles. The van der Waals surface area contributed by atoms with Crippen LogP contribution in [-0.4, -0.2) is 51.1 Å². The Morgan fingerprint density at radius 3 is 2.25 bits per heavy atom. The molecule has 0 spiro atoms. The molecule has 0 bridgehead atoms. The quantitative estimate of drug-likeness (QED) is 0.329. The van der Waals surface area contributed by atoms with Gasteiger partial charge in [-0.2, -0.15) is 17.9 Å². The molecule has 0 aromatic heterocycles.